The number of para-hydroxylation sites is 1. The van der Waals surface area contributed by atoms with Crippen LogP contribution in [0.5, 0.6) is 0 Å². The first-order chi connectivity index (χ1) is 8.33. The Balaban J connectivity index is 2.36. The Morgan fingerprint density at radius 1 is 0.941 bits per heavy atom. The van der Waals surface area contributed by atoms with Crippen molar-refractivity contribution in [1.82, 2.24) is 0 Å². The quantitative estimate of drug-likeness (QED) is 0.772. The Kier molecular flexibility index (Phi) is 3.81. The van der Waals surface area contributed by atoms with Crippen LogP contribution in [-0.2, 0) is 6.42 Å². The molecule has 2 aromatic rings. The molecule has 0 bridgehead atoms. The fraction of sp³-hybridized carbons (Fsp3) is 0.250. The van der Waals surface area contributed by atoms with E-state index in [2.05, 4.69) is 37.3 Å². The molecule has 17 heavy (non-hydrogen) atoms. The highest BCUT2D eigenvalue weighted by atomic mass is 14.6. The molecule has 1 nitrogen and oxygen atoms in total. The molecule has 0 aliphatic heterocycles. The normalized spacial score (nSPS) is 10.4. The van der Waals surface area contributed by atoms with Crippen LogP contribution < -0.4 is 5.73 Å². The van der Waals surface area contributed by atoms with Crippen molar-refractivity contribution in [2.45, 2.75) is 26.2 Å². The van der Waals surface area contributed by atoms with Gasteiger partial charge < -0.3 is 5.73 Å². The van der Waals surface area contributed by atoms with E-state index in [1.165, 1.54) is 24.0 Å². The van der Waals surface area contributed by atoms with Gasteiger partial charge >= 0.3 is 0 Å². The van der Waals surface area contributed by atoms with Gasteiger partial charge in [-0.3, -0.25) is 0 Å². The maximum absolute atomic E-state index is 6.26. The highest BCUT2D eigenvalue weighted by Crippen LogP contribution is 2.29. The third kappa shape index (κ3) is 2.68. The van der Waals surface area contributed by atoms with Gasteiger partial charge in [0.05, 0.1) is 0 Å². The van der Waals surface area contributed by atoms with Crippen LogP contribution in [0.3, 0.4) is 0 Å². The van der Waals surface area contributed by atoms with Crippen LogP contribution in [0, 0.1) is 0 Å². The number of hydrogen-bond donors (Lipinski definition) is 1. The number of aryl methyl sites for hydroxylation is 1. The molecule has 88 valence electrons. The number of anilines is 1. The van der Waals surface area contributed by atoms with E-state index in [9.17, 15) is 0 Å². The summed E-state index contributed by atoms with van der Waals surface area (Å²) in [4.78, 5) is 0. The largest absolute Gasteiger partial charge is 0.398 e. The van der Waals surface area contributed by atoms with Gasteiger partial charge in [-0.25, -0.2) is 0 Å². The molecule has 1 heteroatoms. The Labute approximate surface area is 103 Å². The second-order valence-corrected chi connectivity index (χ2v) is 4.35. The van der Waals surface area contributed by atoms with Crippen LogP contribution in [0.4, 0.5) is 5.69 Å². The van der Waals surface area contributed by atoms with Gasteiger partial charge in [0.25, 0.3) is 0 Å². The van der Waals surface area contributed by atoms with E-state index in [4.69, 9.17) is 5.73 Å². The summed E-state index contributed by atoms with van der Waals surface area (Å²) in [5.41, 5.74) is 10.8. The number of nitrogen functional groups attached to an aromatic ring is 1. The lowest BCUT2D eigenvalue weighted by atomic mass is 9.98. The average Bonchev–Trinajstić information content (AvgIpc) is 2.39. The zero-order valence-electron chi connectivity index (χ0n) is 10.3. The van der Waals surface area contributed by atoms with E-state index in [0.29, 0.717) is 0 Å². The summed E-state index contributed by atoms with van der Waals surface area (Å²) in [6.45, 7) is 2.21. The van der Waals surface area contributed by atoms with Crippen molar-refractivity contribution in [3.63, 3.8) is 0 Å². The molecule has 0 amide bonds. The first-order valence-corrected chi connectivity index (χ1v) is 6.25. The number of unbranched alkanes of at least 4 members (excludes halogenated alkanes) is 1. The minimum absolute atomic E-state index is 0.937. The van der Waals surface area contributed by atoms with E-state index in [1.807, 2.05) is 18.2 Å². The molecule has 0 aliphatic carbocycles. The predicted octanol–water partition coefficient (Wildman–Crippen LogP) is 4.28. The Hall–Kier alpha value is -1.76. The summed E-state index contributed by atoms with van der Waals surface area (Å²) >= 11 is 0. The second-order valence-electron chi connectivity index (χ2n) is 4.35. The molecule has 0 aromatic heterocycles. The number of rotatable bonds is 4. The van der Waals surface area contributed by atoms with Gasteiger partial charge in [0.1, 0.15) is 0 Å². The Morgan fingerprint density at radius 3 is 2.41 bits per heavy atom. The summed E-state index contributed by atoms with van der Waals surface area (Å²) < 4.78 is 0. The highest BCUT2D eigenvalue weighted by molar-refractivity contribution is 5.78. The summed E-state index contributed by atoms with van der Waals surface area (Å²) in [5.74, 6) is 0. The third-order valence-corrected chi connectivity index (χ3v) is 3.08. The first kappa shape index (κ1) is 11.7. The molecule has 0 spiro atoms. The highest BCUT2D eigenvalue weighted by Gasteiger charge is 2.05. The van der Waals surface area contributed by atoms with Crippen molar-refractivity contribution < 1.29 is 0 Å². The fourth-order valence-electron chi connectivity index (χ4n) is 2.07. The van der Waals surface area contributed by atoms with Crippen LogP contribution in [-0.4, -0.2) is 0 Å². The second kappa shape index (κ2) is 5.53. The van der Waals surface area contributed by atoms with Gasteiger partial charge in [-0.2, -0.15) is 0 Å². The molecule has 0 saturated heterocycles. The van der Waals surface area contributed by atoms with Crippen molar-refractivity contribution >= 4 is 5.69 Å². The van der Waals surface area contributed by atoms with E-state index in [0.717, 1.165) is 17.7 Å². The molecular formula is C16H19N. The van der Waals surface area contributed by atoms with Crippen molar-refractivity contribution in [1.29, 1.82) is 0 Å². The molecular weight excluding hydrogens is 206 g/mol. The molecule has 0 radical (unpaired) electrons. The molecule has 0 fully saturated rings. The van der Waals surface area contributed by atoms with Gasteiger partial charge in [-0.15, -0.1) is 0 Å². The summed E-state index contributed by atoms with van der Waals surface area (Å²) in [6.07, 6.45) is 3.47. The smallest absolute Gasteiger partial charge is 0.0426 e. The van der Waals surface area contributed by atoms with Gasteiger partial charge in [0.15, 0.2) is 0 Å². The van der Waals surface area contributed by atoms with E-state index in [-0.39, 0.29) is 0 Å². The van der Waals surface area contributed by atoms with E-state index >= 15 is 0 Å². The predicted molar refractivity (Wildman–Crippen MR) is 74.9 cm³/mol. The van der Waals surface area contributed by atoms with Gasteiger partial charge in [0, 0.05) is 11.3 Å². The lowest BCUT2D eigenvalue weighted by Crippen LogP contribution is -1.97. The molecule has 0 aliphatic rings. The lowest BCUT2D eigenvalue weighted by Gasteiger charge is -2.10. The Morgan fingerprint density at radius 2 is 1.71 bits per heavy atom. The van der Waals surface area contributed by atoms with Crippen LogP contribution >= 0.6 is 0 Å². The molecule has 2 rings (SSSR count). The molecule has 0 saturated carbocycles. The zero-order valence-corrected chi connectivity index (χ0v) is 10.3. The van der Waals surface area contributed by atoms with Crippen molar-refractivity contribution in [3.05, 3.63) is 54.1 Å². The van der Waals surface area contributed by atoms with Crippen LogP contribution in [0.25, 0.3) is 11.1 Å². The SMILES string of the molecule is CCCCc1cccc(-c2ccccc2)c1N. The van der Waals surface area contributed by atoms with Gasteiger partial charge in [-0.05, 0) is 24.0 Å². The zero-order chi connectivity index (χ0) is 12.1. The molecule has 0 atom stereocenters. The minimum Gasteiger partial charge on any atom is -0.398 e. The Bertz CT molecular complexity index is 474. The van der Waals surface area contributed by atoms with E-state index in [1.54, 1.807) is 0 Å². The summed E-state index contributed by atoms with van der Waals surface area (Å²) in [5, 5.41) is 0. The maximum atomic E-state index is 6.26. The van der Waals surface area contributed by atoms with Gasteiger partial charge in [0.2, 0.25) is 0 Å². The molecule has 0 unspecified atom stereocenters. The molecule has 2 aromatic carbocycles. The van der Waals surface area contributed by atoms with Crippen LogP contribution in [0.1, 0.15) is 25.3 Å². The summed E-state index contributed by atoms with van der Waals surface area (Å²) in [6, 6.07) is 16.7. The molecule has 0 heterocycles. The minimum atomic E-state index is 0.937. The van der Waals surface area contributed by atoms with Crippen LogP contribution in [0.2, 0.25) is 0 Å². The van der Waals surface area contributed by atoms with Crippen LogP contribution in [0.15, 0.2) is 48.5 Å². The number of nitrogens with two attached hydrogens (primary N) is 1. The van der Waals surface area contributed by atoms with Crippen molar-refractivity contribution in [2.24, 2.45) is 0 Å². The number of benzene rings is 2. The molecule has 2 N–H and O–H groups in total. The maximum Gasteiger partial charge on any atom is 0.0426 e. The standard InChI is InChI=1S/C16H19N/c1-2-3-8-14-11-7-12-15(16(14)17)13-9-5-4-6-10-13/h4-7,9-12H,2-3,8,17H2,1H3. The average molecular weight is 225 g/mol. The first-order valence-electron chi connectivity index (χ1n) is 6.25. The monoisotopic (exact) mass is 225 g/mol. The van der Waals surface area contributed by atoms with Crippen molar-refractivity contribution in [2.75, 3.05) is 5.73 Å². The third-order valence-electron chi connectivity index (χ3n) is 3.08. The topological polar surface area (TPSA) is 26.0 Å². The number of hydrogen-bond acceptors (Lipinski definition) is 1. The lowest BCUT2D eigenvalue weighted by molar-refractivity contribution is 0.796. The van der Waals surface area contributed by atoms with E-state index < -0.39 is 0 Å². The fourth-order valence-corrected chi connectivity index (χ4v) is 2.07. The van der Waals surface area contributed by atoms with Gasteiger partial charge in [-0.1, -0.05) is 61.9 Å². The summed E-state index contributed by atoms with van der Waals surface area (Å²) in [7, 11) is 0. The van der Waals surface area contributed by atoms with Crippen molar-refractivity contribution in [3.8, 4) is 11.1 Å².